The SMILES string of the molecule is CCCCCOC(=O)C1=C(C)NC(=S)NC1c1ccccc1OC. The number of thiocarbonyl (C=S) groups is 1. The number of hydrogen-bond acceptors (Lipinski definition) is 4. The highest BCUT2D eigenvalue weighted by atomic mass is 32.1. The number of para-hydroxylation sites is 1. The molecule has 1 aliphatic heterocycles. The second-order valence-electron chi connectivity index (χ2n) is 5.66. The lowest BCUT2D eigenvalue weighted by Gasteiger charge is -2.30. The molecule has 0 fully saturated rings. The van der Waals surface area contributed by atoms with Crippen molar-refractivity contribution >= 4 is 23.3 Å². The van der Waals surface area contributed by atoms with Gasteiger partial charge in [-0.05, 0) is 31.6 Å². The van der Waals surface area contributed by atoms with Crippen LogP contribution >= 0.6 is 12.2 Å². The van der Waals surface area contributed by atoms with E-state index in [2.05, 4.69) is 17.6 Å². The molecule has 0 amide bonds. The lowest BCUT2D eigenvalue weighted by Crippen LogP contribution is -2.45. The average molecular weight is 348 g/mol. The van der Waals surface area contributed by atoms with Gasteiger partial charge < -0.3 is 20.1 Å². The molecule has 0 saturated heterocycles. The van der Waals surface area contributed by atoms with Gasteiger partial charge in [0, 0.05) is 11.3 Å². The molecule has 1 aliphatic rings. The smallest absolute Gasteiger partial charge is 0.338 e. The van der Waals surface area contributed by atoms with Gasteiger partial charge in [0.15, 0.2) is 5.11 Å². The molecule has 1 aromatic carbocycles. The largest absolute Gasteiger partial charge is 0.496 e. The highest BCUT2D eigenvalue weighted by Gasteiger charge is 2.32. The van der Waals surface area contributed by atoms with E-state index in [0.29, 0.717) is 28.7 Å². The van der Waals surface area contributed by atoms with Gasteiger partial charge in [0.25, 0.3) is 0 Å². The van der Waals surface area contributed by atoms with Crippen molar-refractivity contribution in [2.24, 2.45) is 0 Å². The third kappa shape index (κ3) is 4.26. The number of unbranched alkanes of at least 4 members (excludes halogenated alkanes) is 2. The van der Waals surface area contributed by atoms with Gasteiger partial charge >= 0.3 is 5.97 Å². The topological polar surface area (TPSA) is 59.6 Å². The van der Waals surface area contributed by atoms with Crippen LogP contribution < -0.4 is 15.4 Å². The second kappa shape index (κ2) is 8.68. The quantitative estimate of drug-likeness (QED) is 0.448. The van der Waals surface area contributed by atoms with Crippen molar-refractivity contribution in [2.45, 2.75) is 39.2 Å². The molecular formula is C18H24N2O3S. The Kier molecular flexibility index (Phi) is 6.61. The zero-order valence-electron chi connectivity index (χ0n) is 14.3. The summed E-state index contributed by atoms with van der Waals surface area (Å²) in [4.78, 5) is 12.6. The Bertz CT molecular complexity index is 643. The van der Waals surface area contributed by atoms with Gasteiger partial charge in [0.2, 0.25) is 0 Å². The summed E-state index contributed by atoms with van der Waals surface area (Å²) in [5.41, 5.74) is 2.09. The maximum atomic E-state index is 12.6. The van der Waals surface area contributed by atoms with E-state index < -0.39 is 6.04 Å². The number of carbonyl (C=O) groups excluding carboxylic acids is 1. The molecule has 1 aromatic rings. The molecule has 0 aliphatic carbocycles. The van der Waals surface area contributed by atoms with Crippen LogP contribution in [-0.4, -0.2) is 24.8 Å². The Morgan fingerprint density at radius 3 is 2.75 bits per heavy atom. The van der Waals surface area contributed by atoms with Crippen molar-refractivity contribution in [1.82, 2.24) is 10.6 Å². The maximum Gasteiger partial charge on any atom is 0.338 e. The third-order valence-corrected chi connectivity index (χ3v) is 4.14. The van der Waals surface area contributed by atoms with E-state index in [4.69, 9.17) is 21.7 Å². The minimum Gasteiger partial charge on any atom is -0.496 e. The van der Waals surface area contributed by atoms with E-state index in [1.54, 1.807) is 7.11 Å². The molecule has 24 heavy (non-hydrogen) atoms. The minimum atomic E-state index is -0.395. The molecule has 0 radical (unpaired) electrons. The number of methoxy groups -OCH3 is 1. The fraction of sp³-hybridized carbons (Fsp3) is 0.444. The van der Waals surface area contributed by atoms with Gasteiger partial charge in [0.1, 0.15) is 5.75 Å². The molecule has 0 aromatic heterocycles. The number of benzene rings is 1. The Morgan fingerprint density at radius 2 is 2.04 bits per heavy atom. The summed E-state index contributed by atoms with van der Waals surface area (Å²) in [6.07, 6.45) is 3.00. The first-order chi connectivity index (χ1) is 11.6. The molecule has 5 nitrogen and oxygen atoms in total. The summed E-state index contributed by atoms with van der Waals surface area (Å²) in [6, 6.07) is 7.18. The second-order valence-corrected chi connectivity index (χ2v) is 6.06. The van der Waals surface area contributed by atoms with Crippen molar-refractivity contribution in [3.8, 4) is 5.75 Å². The maximum absolute atomic E-state index is 12.6. The van der Waals surface area contributed by atoms with Gasteiger partial charge in [-0.2, -0.15) is 0 Å². The third-order valence-electron chi connectivity index (χ3n) is 3.92. The zero-order chi connectivity index (χ0) is 17.5. The Hall–Kier alpha value is -2.08. The molecule has 2 N–H and O–H groups in total. The highest BCUT2D eigenvalue weighted by molar-refractivity contribution is 7.80. The van der Waals surface area contributed by atoms with Crippen LogP contribution in [0.3, 0.4) is 0 Å². The molecular weight excluding hydrogens is 324 g/mol. The first kappa shape index (κ1) is 18.3. The number of hydrogen-bond donors (Lipinski definition) is 2. The van der Waals surface area contributed by atoms with E-state index in [-0.39, 0.29) is 5.97 Å². The number of carbonyl (C=O) groups is 1. The summed E-state index contributed by atoms with van der Waals surface area (Å²) >= 11 is 5.25. The van der Waals surface area contributed by atoms with Crippen molar-refractivity contribution in [3.05, 3.63) is 41.1 Å². The van der Waals surface area contributed by atoms with Crippen LogP contribution in [0, 0.1) is 0 Å². The monoisotopic (exact) mass is 348 g/mol. The molecule has 1 heterocycles. The van der Waals surface area contributed by atoms with E-state index in [0.717, 1.165) is 24.8 Å². The van der Waals surface area contributed by atoms with Crippen LogP contribution in [0.1, 0.15) is 44.7 Å². The fourth-order valence-corrected chi connectivity index (χ4v) is 2.97. The first-order valence-corrected chi connectivity index (χ1v) is 8.57. The Labute approximate surface area is 148 Å². The van der Waals surface area contributed by atoms with E-state index in [1.807, 2.05) is 31.2 Å². The summed E-state index contributed by atoms with van der Waals surface area (Å²) in [5.74, 6) is 0.366. The summed E-state index contributed by atoms with van der Waals surface area (Å²) in [5, 5.41) is 6.64. The summed E-state index contributed by atoms with van der Waals surface area (Å²) < 4.78 is 10.9. The highest BCUT2D eigenvalue weighted by Crippen LogP contribution is 2.33. The van der Waals surface area contributed by atoms with E-state index in [1.165, 1.54) is 0 Å². The molecule has 0 saturated carbocycles. The van der Waals surface area contributed by atoms with Crippen LogP contribution in [0.15, 0.2) is 35.5 Å². The fourth-order valence-electron chi connectivity index (χ4n) is 2.70. The Balaban J connectivity index is 2.28. The predicted molar refractivity (Wildman–Crippen MR) is 97.8 cm³/mol. The predicted octanol–water partition coefficient (Wildman–Crippen LogP) is 3.22. The van der Waals surface area contributed by atoms with E-state index >= 15 is 0 Å². The first-order valence-electron chi connectivity index (χ1n) is 8.16. The molecule has 1 unspecified atom stereocenters. The average Bonchev–Trinajstić information content (AvgIpc) is 2.57. The standard InChI is InChI=1S/C18H24N2O3S/c1-4-5-8-11-23-17(21)15-12(2)19-18(24)20-16(15)13-9-6-7-10-14(13)22-3/h6-7,9-10,16H,4-5,8,11H2,1-3H3,(H2,19,20,24). The minimum absolute atomic E-state index is 0.331. The van der Waals surface area contributed by atoms with Gasteiger partial charge in [-0.3, -0.25) is 0 Å². The molecule has 0 bridgehead atoms. The van der Waals surface area contributed by atoms with Crippen LogP contribution in [0.4, 0.5) is 0 Å². The van der Waals surface area contributed by atoms with Crippen molar-refractivity contribution in [3.63, 3.8) is 0 Å². The summed E-state index contributed by atoms with van der Waals surface area (Å²) in [7, 11) is 1.61. The van der Waals surface area contributed by atoms with Crippen LogP contribution in [0.5, 0.6) is 5.75 Å². The molecule has 1 atom stereocenters. The van der Waals surface area contributed by atoms with Crippen molar-refractivity contribution in [2.75, 3.05) is 13.7 Å². The molecule has 6 heteroatoms. The lowest BCUT2D eigenvalue weighted by atomic mass is 9.95. The van der Waals surface area contributed by atoms with Crippen molar-refractivity contribution < 1.29 is 14.3 Å². The zero-order valence-corrected chi connectivity index (χ0v) is 15.2. The summed E-state index contributed by atoms with van der Waals surface area (Å²) in [6.45, 7) is 4.37. The number of ether oxygens (including phenoxy) is 2. The van der Waals surface area contributed by atoms with Crippen LogP contribution in [-0.2, 0) is 9.53 Å². The molecule has 130 valence electrons. The lowest BCUT2D eigenvalue weighted by molar-refractivity contribution is -0.139. The van der Waals surface area contributed by atoms with E-state index in [9.17, 15) is 4.79 Å². The van der Waals surface area contributed by atoms with Crippen LogP contribution in [0.25, 0.3) is 0 Å². The van der Waals surface area contributed by atoms with Gasteiger partial charge in [-0.25, -0.2) is 4.79 Å². The number of allylic oxidation sites excluding steroid dienone is 1. The van der Waals surface area contributed by atoms with Gasteiger partial charge in [-0.15, -0.1) is 0 Å². The van der Waals surface area contributed by atoms with Crippen molar-refractivity contribution in [1.29, 1.82) is 0 Å². The normalized spacial score (nSPS) is 17.1. The van der Waals surface area contributed by atoms with Gasteiger partial charge in [0.05, 0.1) is 25.3 Å². The molecule has 2 rings (SSSR count). The number of nitrogens with one attached hydrogen (secondary N) is 2. The molecule has 0 spiro atoms. The number of esters is 1. The Morgan fingerprint density at radius 1 is 1.29 bits per heavy atom. The van der Waals surface area contributed by atoms with Gasteiger partial charge in [-0.1, -0.05) is 38.0 Å². The van der Waals surface area contributed by atoms with Crippen LogP contribution in [0.2, 0.25) is 0 Å². The number of rotatable bonds is 7.